The topological polar surface area (TPSA) is 95.8 Å². The smallest absolute Gasteiger partial charge is 0.287 e. The third kappa shape index (κ3) is 3.74. The zero-order valence-corrected chi connectivity index (χ0v) is 22.8. The second-order valence-corrected chi connectivity index (χ2v) is 11.8. The molecule has 1 aliphatic carbocycles. The highest BCUT2D eigenvalue weighted by Gasteiger charge is 2.58. The Morgan fingerprint density at radius 3 is 2.36 bits per heavy atom. The van der Waals surface area contributed by atoms with Crippen LogP contribution in [0.15, 0.2) is 48.5 Å². The van der Waals surface area contributed by atoms with Crippen molar-refractivity contribution in [3.63, 3.8) is 0 Å². The van der Waals surface area contributed by atoms with E-state index in [9.17, 15) is 4.79 Å². The van der Waals surface area contributed by atoms with Crippen molar-refractivity contribution >= 4 is 5.91 Å². The summed E-state index contributed by atoms with van der Waals surface area (Å²) in [4.78, 5) is 19.3. The van der Waals surface area contributed by atoms with Crippen LogP contribution >= 0.6 is 0 Å². The van der Waals surface area contributed by atoms with Crippen LogP contribution in [0.5, 0.6) is 0 Å². The van der Waals surface area contributed by atoms with Crippen molar-refractivity contribution in [1.29, 1.82) is 0 Å². The number of carbonyl (C=O) groups is 1. The summed E-state index contributed by atoms with van der Waals surface area (Å²) in [6.07, 6.45) is 6.22. The number of carbonyl (C=O) groups excluding carboxylic acids is 1. The molecule has 3 aliphatic heterocycles. The van der Waals surface area contributed by atoms with E-state index in [2.05, 4.69) is 86.3 Å². The van der Waals surface area contributed by atoms with Crippen molar-refractivity contribution in [3.05, 3.63) is 71.3 Å². The molecule has 2 saturated heterocycles. The van der Waals surface area contributed by atoms with Gasteiger partial charge in [-0.2, -0.15) is 5.21 Å². The van der Waals surface area contributed by atoms with Gasteiger partial charge in [-0.15, -0.1) is 10.2 Å². The van der Waals surface area contributed by atoms with Crippen LogP contribution in [0.1, 0.15) is 80.4 Å². The van der Waals surface area contributed by atoms with E-state index >= 15 is 0 Å². The second kappa shape index (κ2) is 8.84. The third-order valence-electron chi connectivity index (χ3n) is 9.19. The zero-order chi connectivity index (χ0) is 26.8. The van der Waals surface area contributed by atoms with Gasteiger partial charge in [-0.25, -0.2) is 9.99 Å². The first-order chi connectivity index (χ1) is 18.9. The fraction of sp³-hybridized carbons (Fsp3) is 0.433. The summed E-state index contributed by atoms with van der Waals surface area (Å²) in [5.41, 5.74) is 5.84. The molecule has 3 fully saturated rings. The van der Waals surface area contributed by atoms with Gasteiger partial charge in [0.1, 0.15) is 11.5 Å². The van der Waals surface area contributed by atoms with Crippen LogP contribution in [-0.2, 0) is 19.5 Å². The second-order valence-electron chi connectivity index (χ2n) is 11.8. The Morgan fingerprint density at radius 1 is 0.949 bits per heavy atom. The minimum Gasteiger partial charge on any atom is -0.319 e. The first-order valence-electron chi connectivity index (χ1n) is 14.0. The molecule has 200 valence electrons. The summed E-state index contributed by atoms with van der Waals surface area (Å²) >= 11 is 0. The molecule has 1 saturated carbocycles. The van der Waals surface area contributed by atoms with Gasteiger partial charge in [0.15, 0.2) is 0 Å². The lowest BCUT2D eigenvalue weighted by Gasteiger charge is -2.64. The molecule has 1 N–H and O–H groups in total. The van der Waals surface area contributed by atoms with Gasteiger partial charge in [-0.05, 0) is 67.9 Å². The van der Waals surface area contributed by atoms with E-state index in [0.717, 1.165) is 78.0 Å². The average molecular weight is 523 g/mol. The molecular weight excluding hydrogens is 488 g/mol. The van der Waals surface area contributed by atoms with Crippen LogP contribution in [0, 0.1) is 0 Å². The monoisotopic (exact) mass is 522 g/mol. The normalized spacial score (nSPS) is 24.2. The predicted molar refractivity (Wildman–Crippen MR) is 147 cm³/mol. The highest BCUT2D eigenvalue weighted by molar-refractivity contribution is 5.95. The molecule has 39 heavy (non-hydrogen) atoms. The molecule has 4 aliphatic rings. The molecule has 0 unspecified atom stereocenters. The number of imidazole rings is 1. The van der Waals surface area contributed by atoms with Crippen molar-refractivity contribution in [2.75, 3.05) is 0 Å². The zero-order valence-electron chi connectivity index (χ0n) is 22.8. The quantitative estimate of drug-likeness (QED) is 0.383. The molecule has 2 aromatic carbocycles. The molecule has 8 rings (SSSR count). The summed E-state index contributed by atoms with van der Waals surface area (Å²) in [6.45, 7) is 8.09. The van der Waals surface area contributed by atoms with Gasteiger partial charge in [0.2, 0.25) is 5.82 Å². The first-order valence-corrected chi connectivity index (χ1v) is 14.0. The number of rotatable bonds is 6. The molecule has 2 bridgehead atoms. The number of nitrogens with one attached hydrogen (secondary N) is 1. The van der Waals surface area contributed by atoms with Crippen LogP contribution in [-0.4, -0.2) is 57.2 Å². The lowest BCUT2D eigenvalue weighted by Crippen LogP contribution is -2.74. The number of aromatic amines is 1. The van der Waals surface area contributed by atoms with Gasteiger partial charge in [-0.3, -0.25) is 9.80 Å². The number of nitrogens with zero attached hydrogens (tertiary/aromatic N) is 7. The average Bonchev–Trinajstić information content (AvgIpc) is 3.60. The molecule has 5 heterocycles. The molecule has 0 atom stereocenters. The van der Waals surface area contributed by atoms with Crippen molar-refractivity contribution < 1.29 is 4.79 Å². The maximum absolute atomic E-state index is 14.2. The Labute approximate surface area is 228 Å². The Bertz CT molecular complexity index is 1530. The van der Waals surface area contributed by atoms with Crippen molar-refractivity contribution in [2.45, 2.75) is 83.5 Å². The van der Waals surface area contributed by atoms with Crippen LogP contribution in [0.3, 0.4) is 0 Å². The van der Waals surface area contributed by atoms with Gasteiger partial charge < -0.3 is 4.57 Å². The maximum atomic E-state index is 14.2. The maximum Gasteiger partial charge on any atom is 0.287 e. The minimum atomic E-state index is -0.111. The standard InChI is InChI=1S/C30H34N8O/c1-4-7-25-31-24-19-37-29(2)14-16-30(3,17-15-29)38(37)28(39)26(24)36(25)18-20-10-12-21(13-11-20)22-8-5-6-9-23(22)27-32-34-35-33-27/h5-6,8-13H,4,7,14-19H2,1-3H3,(H,32,33,34,35). The van der Waals surface area contributed by atoms with Crippen LogP contribution < -0.4 is 0 Å². The number of benzene rings is 2. The van der Waals surface area contributed by atoms with Gasteiger partial charge in [0, 0.05) is 24.1 Å². The Kier molecular flexibility index (Phi) is 5.49. The molecule has 9 heteroatoms. The Hall–Kier alpha value is -3.85. The van der Waals surface area contributed by atoms with Crippen LogP contribution in [0.25, 0.3) is 22.5 Å². The molecular formula is C30H34N8O. The van der Waals surface area contributed by atoms with E-state index in [4.69, 9.17) is 4.98 Å². The Balaban J connectivity index is 1.23. The molecule has 1 amide bonds. The summed E-state index contributed by atoms with van der Waals surface area (Å²) in [6, 6.07) is 16.6. The number of H-pyrrole nitrogens is 1. The number of aromatic nitrogens is 6. The SMILES string of the molecule is CCCc1nc2c(n1Cc1ccc(-c3ccccc3-c3nn[nH]n3)cc1)C(=O)N1N(C2)C2(C)CCC1(C)CC2. The molecule has 0 spiro atoms. The number of amides is 1. The van der Waals surface area contributed by atoms with Gasteiger partial charge in [0.05, 0.1) is 17.8 Å². The Morgan fingerprint density at radius 2 is 1.67 bits per heavy atom. The molecule has 0 radical (unpaired) electrons. The van der Waals surface area contributed by atoms with Crippen molar-refractivity contribution in [1.82, 2.24) is 40.2 Å². The lowest BCUT2D eigenvalue weighted by atomic mass is 9.69. The van der Waals surface area contributed by atoms with Crippen LogP contribution in [0.4, 0.5) is 0 Å². The number of fused-ring (bicyclic) bond motifs is 3. The van der Waals surface area contributed by atoms with E-state index in [0.29, 0.717) is 18.9 Å². The highest BCUT2D eigenvalue weighted by atomic mass is 16.2. The summed E-state index contributed by atoms with van der Waals surface area (Å²) in [7, 11) is 0. The van der Waals surface area contributed by atoms with Crippen molar-refractivity contribution in [2.24, 2.45) is 0 Å². The van der Waals surface area contributed by atoms with Gasteiger partial charge in [-0.1, -0.05) is 55.5 Å². The van der Waals surface area contributed by atoms with E-state index < -0.39 is 0 Å². The molecule has 4 aromatic rings. The summed E-state index contributed by atoms with van der Waals surface area (Å²) < 4.78 is 2.19. The third-order valence-corrected chi connectivity index (χ3v) is 9.19. The predicted octanol–water partition coefficient (Wildman–Crippen LogP) is 5.01. The number of hydrazine groups is 1. The number of hydrogen-bond acceptors (Lipinski definition) is 6. The molecule has 9 nitrogen and oxygen atoms in total. The lowest BCUT2D eigenvalue weighted by molar-refractivity contribution is -0.216. The first kappa shape index (κ1) is 24.2. The van der Waals surface area contributed by atoms with E-state index in [1.807, 2.05) is 18.2 Å². The minimum absolute atomic E-state index is 0.0352. The summed E-state index contributed by atoms with van der Waals surface area (Å²) in [5, 5.41) is 19.1. The van der Waals surface area contributed by atoms with E-state index in [1.165, 1.54) is 0 Å². The highest BCUT2D eigenvalue weighted by Crippen LogP contribution is 2.51. The van der Waals surface area contributed by atoms with Crippen molar-refractivity contribution in [3.8, 4) is 22.5 Å². The van der Waals surface area contributed by atoms with Gasteiger partial charge >= 0.3 is 0 Å². The number of hydrogen-bond donors (Lipinski definition) is 1. The van der Waals surface area contributed by atoms with E-state index in [1.54, 1.807) is 0 Å². The number of aryl methyl sites for hydroxylation is 1. The number of tetrazole rings is 1. The fourth-order valence-corrected chi connectivity index (χ4v) is 6.85. The fourth-order valence-electron chi connectivity index (χ4n) is 6.85. The van der Waals surface area contributed by atoms with Crippen LogP contribution in [0.2, 0.25) is 0 Å². The molecule has 2 aromatic heterocycles. The largest absolute Gasteiger partial charge is 0.319 e. The summed E-state index contributed by atoms with van der Waals surface area (Å²) in [5.74, 6) is 1.70. The van der Waals surface area contributed by atoms with E-state index in [-0.39, 0.29) is 17.0 Å². The van der Waals surface area contributed by atoms with Gasteiger partial charge in [0.25, 0.3) is 5.91 Å².